The molecule has 0 atom stereocenters. The average Bonchev–Trinajstić information content (AvgIpc) is 2.21. The van der Waals surface area contributed by atoms with Crippen molar-refractivity contribution in [3.05, 3.63) is 23.0 Å². The summed E-state index contributed by atoms with van der Waals surface area (Å²) in [5, 5.41) is 0. The average molecular weight is 249 g/mol. The highest BCUT2D eigenvalue weighted by Gasteiger charge is 2.23. The van der Waals surface area contributed by atoms with Crippen molar-refractivity contribution in [2.75, 3.05) is 7.11 Å². The van der Waals surface area contributed by atoms with Gasteiger partial charge in [-0.1, -0.05) is 13.8 Å². The summed E-state index contributed by atoms with van der Waals surface area (Å²) < 4.78 is 5.41. The second-order valence-electron chi connectivity index (χ2n) is 5.77. The van der Waals surface area contributed by atoms with E-state index in [-0.39, 0.29) is 11.2 Å². The van der Waals surface area contributed by atoms with Gasteiger partial charge in [0.05, 0.1) is 7.11 Å². The molecule has 1 aromatic rings. The van der Waals surface area contributed by atoms with Crippen LogP contribution >= 0.6 is 0 Å². The lowest BCUT2D eigenvalue weighted by Crippen LogP contribution is -2.20. The molecule has 0 aromatic carbocycles. The molecule has 0 amide bonds. The molecule has 0 radical (unpaired) electrons. The Morgan fingerprint density at radius 3 is 2.50 bits per heavy atom. The van der Waals surface area contributed by atoms with Crippen molar-refractivity contribution in [2.24, 2.45) is 5.41 Å². The molecule has 0 fully saturated rings. The first-order valence-corrected chi connectivity index (χ1v) is 6.25. The van der Waals surface area contributed by atoms with Gasteiger partial charge in [-0.25, -0.2) is 0 Å². The highest BCUT2D eigenvalue weighted by molar-refractivity contribution is 5.76. The number of pyridine rings is 1. The van der Waals surface area contributed by atoms with Gasteiger partial charge in [0.2, 0.25) is 0 Å². The van der Waals surface area contributed by atoms with Crippen LogP contribution in [-0.2, 0) is 11.2 Å². The summed E-state index contributed by atoms with van der Waals surface area (Å²) in [6.07, 6.45) is 3.20. The molecule has 0 bridgehead atoms. The Labute approximate surface area is 110 Å². The monoisotopic (exact) mass is 249 g/mol. The standard InChI is InChI=1S/C15H23NO2/c1-10-9-16-13(12(3)14(10)18-6)8-15(4,5)7-11(2)17/h9H,7-8H2,1-6H3. The lowest BCUT2D eigenvalue weighted by molar-refractivity contribution is -0.118. The number of hydrogen-bond acceptors (Lipinski definition) is 3. The number of ether oxygens (including phenoxy) is 1. The van der Waals surface area contributed by atoms with E-state index < -0.39 is 0 Å². The zero-order valence-corrected chi connectivity index (χ0v) is 12.3. The van der Waals surface area contributed by atoms with Crippen LogP contribution in [0, 0.1) is 19.3 Å². The largest absolute Gasteiger partial charge is 0.496 e. The predicted molar refractivity (Wildman–Crippen MR) is 73.0 cm³/mol. The van der Waals surface area contributed by atoms with Crippen molar-refractivity contribution >= 4 is 5.78 Å². The van der Waals surface area contributed by atoms with Crippen LogP contribution in [0.3, 0.4) is 0 Å². The fraction of sp³-hybridized carbons (Fsp3) is 0.600. The molecule has 0 saturated carbocycles. The predicted octanol–water partition coefficient (Wildman–Crippen LogP) is 3.25. The van der Waals surface area contributed by atoms with E-state index in [0.717, 1.165) is 29.0 Å². The number of Topliss-reactive ketones (excluding diaryl/α,β-unsaturated/α-hetero) is 1. The third-order valence-electron chi connectivity index (χ3n) is 3.12. The molecule has 18 heavy (non-hydrogen) atoms. The summed E-state index contributed by atoms with van der Waals surface area (Å²) in [6.45, 7) is 9.85. The minimum absolute atomic E-state index is 0.0656. The number of rotatable bonds is 5. The highest BCUT2D eigenvalue weighted by Crippen LogP contribution is 2.31. The van der Waals surface area contributed by atoms with Crippen LogP contribution in [0.25, 0.3) is 0 Å². The molecule has 0 aliphatic rings. The van der Waals surface area contributed by atoms with Crippen molar-refractivity contribution in [2.45, 2.75) is 47.5 Å². The first-order valence-electron chi connectivity index (χ1n) is 6.25. The Kier molecular flexibility index (Phi) is 4.49. The van der Waals surface area contributed by atoms with E-state index in [4.69, 9.17) is 4.74 Å². The number of carbonyl (C=O) groups is 1. The van der Waals surface area contributed by atoms with Crippen LogP contribution in [0.5, 0.6) is 5.75 Å². The number of carbonyl (C=O) groups excluding carboxylic acids is 1. The van der Waals surface area contributed by atoms with E-state index in [0.29, 0.717) is 6.42 Å². The van der Waals surface area contributed by atoms with Crippen molar-refractivity contribution in [3.63, 3.8) is 0 Å². The maximum atomic E-state index is 11.3. The first kappa shape index (κ1) is 14.7. The smallest absolute Gasteiger partial charge is 0.130 e. The molecule has 1 rings (SSSR count). The summed E-state index contributed by atoms with van der Waals surface area (Å²) in [4.78, 5) is 15.8. The molecule has 0 N–H and O–H groups in total. The van der Waals surface area contributed by atoms with Gasteiger partial charge >= 0.3 is 0 Å². The number of aryl methyl sites for hydroxylation is 1. The molecule has 0 spiro atoms. The van der Waals surface area contributed by atoms with Gasteiger partial charge in [0.25, 0.3) is 0 Å². The molecule has 0 aliphatic heterocycles. The van der Waals surface area contributed by atoms with Crippen LogP contribution in [0.2, 0.25) is 0 Å². The van der Waals surface area contributed by atoms with Gasteiger partial charge in [-0.15, -0.1) is 0 Å². The van der Waals surface area contributed by atoms with Crippen LogP contribution in [0.15, 0.2) is 6.20 Å². The molecule has 3 heteroatoms. The number of methoxy groups -OCH3 is 1. The molecular weight excluding hydrogens is 226 g/mol. The van der Waals surface area contributed by atoms with Gasteiger partial charge in [-0.2, -0.15) is 0 Å². The summed E-state index contributed by atoms with van der Waals surface area (Å²) in [5.41, 5.74) is 3.07. The van der Waals surface area contributed by atoms with Gasteiger partial charge in [0, 0.05) is 29.4 Å². The zero-order valence-electron chi connectivity index (χ0n) is 12.3. The van der Waals surface area contributed by atoms with Crippen molar-refractivity contribution in [1.29, 1.82) is 0 Å². The Balaban J connectivity index is 3.01. The number of hydrogen-bond donors (Lipinski definition) is 0. The van der Waals surface area contributed by atoms with E-state index in [1.165, 1.54) is 0 Å². The SMILES string of the molecule is COc1c(C)cnc(CC(C)(C)CC(C)=O)c1C. The molecule has 1 aromatic heterocycles. The number of aromatic nitrogens is 1. The topological polar surface area (TPSA) is 39.2 Å². The third-order valence-corrected chi connectivity index (χ3v) is 3.12. The summed E-state index contributed by atoms with van der Waals surface area (Å²) in [6, 6.07) is 0. The van der Waals surface area contributed by atoms with Crippen LogP contribution in [-0.4, -0.2) is 17.9 Å². The maximum absolute atomic E-state index is 11.3. The van der Waals surface area contributed by atoms with E-state index in [1.54, 1.807) is 14.0 Å². The van der Waals surface area contributed by atoms with Gasteiger partial charge < -0.3 is 9.53 Å². The molecule has 0 unspecified atom stereocenters. The van der Waals surface area contributed by atoms with Gasteiger partial charge in [0.1, 0.15) is 11.5 Å². The number of ketones is 1. The fourth-order valence-corrected chi connectivity index (χ4v) is 2.44. The first-order chi connectivity index (χ1) is 8.26. The molecule has 100 valence electrons. The molecular formula is C15H23NO2. The summed E-state index contributed by atoms with van der Waals surface area (Å²) in [5.74, 6) is 1.12. The molecule has 0 aliphatic carbocycles. The lowest BCUT2D eigenvalue weighted by atomic mass is 9.82. The van der Waals surface area contributed by atoms with Gasteiger partial charge in [-0.05, 0) is 32.6 Å². The third kappa shape index (κ3) is 3.56. The Morgan fingerprint density at radius 1 is 1.39 bits per heavy atom. The fourth-order valence-electron chi connectivity index (χ4n) is 2.44. The van der Waals surface area contributed by atoms with Crippen molar-refractivity contribution < 1.29 is 9.53 Å². The van der Waals surface area contributed by atoms with Gasteiger partial charge in [0.15, 0.2) is 0 Å². The molecule has 3 nitrogen and oxygen atoms in total. The Bertz CT molecular complexity index is 450. The van der Waals surface area contributed by atoms with Crippen LogP contribution in [0.4, 0.5) is 0 Å². The second kappa shape index (κ2) is 5.51. The van der Waals surface area contributed by atoms with Gasteiger partial charge in [-0.3, -0.25) is 4.98 Å². The van der Waals surface area contributed by atoms with E-state index in [2.05, 4.69) is 18.8 Å². The highest BCUT2D eigenvalue weighted by atomic mass is 16.5. The number of nitrogens with zero attached hydrogens (tertiary/aromatic N) is 1. The summed E-state index contributed by atoms with van der Waals surface area (Å²) >= 11 is 0. The Morgan fingerprint density at radius 2 is 2.00 bits per heavy atom. The van der Waals surface area contributed by atoms with Crippen LogP contribution < -0.4 is 4.74 Å². The van der Waals surface area contributed by atoms with E-state index >= 15 is 0 Å². The quantitative estimate of drug-likeness (QED) is 0.804. The summed E-state index contributed by atoms with van der Waals surface area (Å²) in [7, 11) is 1.68. The van der Waals surface area contributed by atoms with E-state index in [9.17, 15) is 4.79 Å². The minimum Gasteiger partial charge on any atom is -0.496 e. The minimum atomic E-state index is -0.0656. The van der Waals surface area contributed by atoms with Crippen LogP contribution in [0.1, 0.15) is 44.0 Å². The molecule has 1 heterocycles. The molecule has 0 saturated heterocycles. The van der Waals surface area contributed by atoms with Crippen molar-refractivity contribution in [3.8, 4) is 5.75 Å². The van der Waals surface area contributed by atoms with E-state index in [1.807, 2.05) is 20.0 Å². The lowest BCUT2D eigenvalue weighted by Gasteiger charge is -2.24. The normalized spacial score (nSPS) is 11.4. The Hall–Kier alpha value is -1.38. The maximum Gasteiger partial charge on any atom is 0.130 e. The zero-order chi connectivity index (χ0) is 13.9. The second-order valence-corrected chi connectivity index (χ2v) is 5.77. The van der Waals surface area contributed by atoms with Crippen molar-refractivity contribution in [1.82, 2.24) is 4.98 Å².